The molecule has 17 heavy (non-hydrogen) atoms. The standard InChI is InChI=1S/C9H22N2O4S2/c1-9(2,3)5-8-17(14,15)11-6-4-7-16(10,12)13/h11H,4-8H2,1-3H3,(H2,10,12,13). The van der Waals surface area contributed by atoms with Gasteiger partial charge in [-0.1, -0.05) is 20.8 Å². The van der Waals surface area contributed by atoms with Gasteiger partial charge in [-0.3, -0.25) is 0 Å². The number of hydrogen-bond donors (Lipinski definition) is 2. The molecular formula is C9H22N2O4S2. The summed E-state index contributed by atoms with van der Waals surface area (Å²) < 4.78 is 46.6. The van der Waals surface area contributed by atoms with Crippen molar-refractivity contribution in [2.24, 2.45) is 10.6 Å². The molecule has 0 aliphatic heterocycles. The number of hydrogen-bond acceptors (Lipinski definition) is 4. The maximum absolute atomic E-state index is 11.5. The topological polar surface area (TPSA) is 106 Å². The lowest BCUT2D eigenvalue weighted by atomic mass is 9.94. The summed E-state index contributed by atoms with van der Waals surface area (Å²) in [6, 6.07) is 0. The first kappa shape index (κ1) is 16.8. The maximum Gasteiger partial charge on any atom is 0.211 e. The van der Waals surface area contributed by atoms with Gasteiger partial charge in [0.2, 0.25) is 20.0 Å². The number of nitrogens with two attached hydrogens (primary N) is 1. The monoisotopic (exact) mass is 286 g/mol. The molecule has 6 nitrogen and oxygen atoms in total. The fourth-order valence-corrected chi connectivity index (χ4v) is 3.04. The second kappa shape index (κ2) is 6.12. The van der Waals surface area contributed by atoms with Crippen LogP contribution in [0.2, 0.25) is 0 Å². The van der Waals surface area contributed by atoms with E-state index in [4.69, 9.17) is 5.14 Å². The van der Waals surface area contributed by atoms with E-state index in [2.05, 4.69) is 4.72 Å². The fraction of sp³-hybridized carbons (Fsp3) is 1.00. The Bertz CT molecular complexity index is 420. The van der Waals surface area contributed by atoms with Crippen LogP contribution in [0.3, 0.4) is 0 Å². The molecule has 3 N–H and O–H groups in total. The largest absolute Gasteiger partial charge is 0.229 e. The fourth-order valence-electron chi connectivity index (χ4n) is 1.01. The van der Waals surface area contributed by atoms with Crippen LogP contribution < -0.4 is 9.86 Å². The zero-order valence-electron chi connectivity index (χ0n) is 10.6. The van der Waals surface area contributed by atoms with Crippen LogP contribution in [0.4, 0.5) is 0 Å². The average Bonchev–Trinajstić information content (AvgIpc) is 2.07. The molecule has 0 bridgehead atoms. The van der Waals surface area contributed by atoms with Crippen molar-refractivity contribution in [3.8, 4) is 0 Å². The minimum atomic E-state index is -3.51. The highest BCUT2D eigenvalue weighted by atomic mass is 32.2. The number of sulfonamides is 2. The second-order valence-electron chi connectivity index (χ2n) is 5.24. The molecule has 0 unspecified atom stereocenters. The van der Waals surface area contributed by atoms with E-state index in [1.807, 2.05) is 20.8 Å². The Kier molecular flexibility index (Phi) is 6.06. The van der Waals surface area contributed by atoms with Gasteiger partial charge >= 0.3 is 0 Å². The Balaban J connectivity index is 3.96. The summed E-state index contributed by atoms with van der Waals surface area (Å²) in [4.78, 5) is 0. The number of nitrogens with one attached hydrogen (secondary N) is 1. The van der Waals surface area contributed by atoms with Crippen LogP contribution in [0.15, 0.2) is 0 Å². The van der Waals surface area contributed by atoms with Gasteiger partial charge in [-0.25, -0.2) is 26.7 Å². The predicted molar refractivity (Wildman–Crippen MR) is 68.5 cm³/mol. The average molecular weight is 286 g/mol. The Labute approximate surface area is 104 Å². The third-order valence-corrected chi connectivity index (χ3v) is 4.29. The van der Waals surface area contributed by atoms with Gasteiger partial charge in [-0.05, 0) is 18.3 Å². The molecule has 0 atom stereocenters. The van der Waals surface area contributed by atoms with Crippen molar-refractivity contribution in [2.75, 3.05) is 18.1 Å². The summed E-state index contributed by atoms with van der Waals surface area (Å²) in [6.45, 7) is 5.99. The zero-order chi connectivity index (χ0) is 13.7. The van der Waals surface area contributed by atoms with Gasteiger partial charge < -0.3 is 0 Å². The summed E-state index contributed by atoms with van der Waals surface area (Å²) >= 11 is 0. The Morgan fingerprint density at radius 2 is 1.59 bits per heavy atom. The minimum Gasteiger partial charge on any atom is -0.229 e. The second-order valence-corrected chi connectivity index (χ2v) is 8.90. The third-order valence-electron chi connectivity index (χ3n) is 2.05. The van der Waals surface area contributed by atoms with E-state index in [9.17, 15) is 16.8 Å². The highest BCUT2D eigenvalue weighted by molar-refractivity contribution is 7.89. The Morgan fingerprint density at radius 1 is 1.06 bits per heavy atom. The Morgan fingerprint density at radius 3 is 2.00 bits per heavy atom. The zero-order valence-corrected chi connectivity index (χ0v) is 12.2. The van der Waals surface area contributed by atoms with Crippen LogP contribution in [0, 0.1) is 5.41 Å². The van der Waals surface area contributed by atoms with Crippen molar-refractivity contribution in [1.82, 2.24) is 4.72 Å². The maximum atomic E-state index is 11.5. The number of primary sulfonamides is 1. The van der Waals surface area contributed by atoms with E-state index < -0.39 is 20.0 Å². The van der Waals surface area contributed by atoms with Crippen LogP contribution in [0.1, 0.15) is 33.6 Å². The lowest BCUT2D eigenvalue weighted by Crippen LogP contribution is -2.30. The molecule has 0 saturated heterocycles. The van der Waals surface area contributed by atoms with Gasteiger partial charge in [-0.2, -0.15) is 0 Å². The first-order chi connectivity index (χ1) is 7.41. The van der Waals surface area contributed by atoms with Crippen molar-refractivity contribution in [1.29, 1.82) is 0 Å². The van der Waals surface area contributed by atoms with Crippen LogP contribution >= 0.6 is 0 Å². The van der Waals surface area contributed by atoms with Gasteiger partial charge in [0.05, 0.1) is 11.5 Å². The van der Waals surface area contributed by atoms with Crippen LogP contribution in [-0.2, 0) is 20.0 Å². The molecule has 104 valence electrons. The van der Waals surface area contributed by atoms with Gasteiger partial charge in [0.15, 0.2) is 0 Å². The van der Waals surface area contributed by atoms with Gasteiger partial charge in [0, 0.05) is 6.54 Å². The van der Waals surface area contributed by atoms with E-state index in [1.54, 1.807) is 0 Å². The van der Waals surface area contributed by atoms with E-state index in [1.165, 1.54) is 0 Å². The molecule has 0 heterocycles. The summed E-state index contributed by atoms with van der Waals surface area (Å²) in [5.41, 5.74) is -0.0463. The molecule has 0 aromatic carbocycles. The van der Waals surface area contributed by atoms with E-state index in [0.717, 1.165) is 0 Å². The molecule has 0 aromatic heterocycles. The smallest absolute Gasteiger partial charge is 0.211 e. The van der Waals surface area contributed by atoms with Crippen LogP contribution in [0.5, 0.6) is 0 Å². The molecule has 0 fully saturated rings. The summed E-state index contributed by atoms with van der Waals surface area (Å²) in [6.07, 6.45) is 0.741. The third kappa shape index (κ3) is 12.1. The molecule has 0 saturated carbocycles. The minimum absolute atomic E-state index is 0.0463. The molecular weight excluding hydrogens is 264 g/mol. The van der Waals surface area contributed by atoms with Crippen molar-refractivity contribution in [2.45, 2.75) is 33.6 Å². The molecule has 0 amide bonds. The molecule has 0 rings (SSSR count). The molecule has 8 heteroatoms. The van der Waals surface area contributed by atoms with Gasteiger partial charge in [0.25, 0.3) is 0 Å². The summed E-state index contributed by atoms with van der Waals surface area (Å²) in [7, 11) is -6.83. The van der Waals surface area contributed by atoms with E-state index in [0.29, 0.717) is 6.42 Å². The van der Waals surface area contributed by atoms with Gasteiger partial charge in [-0.15, -0.1) is 0 Å². The predicted octanol–water partition coefficient (Wildman–Crippen LogP) is 0.0206. The first-order valence-corrected chi connectivity index (χ1v) is 8.76. The molecule has 0 spiro atoms. The van der Waals surface area contributed by atoms with Crippen molar-refractivity contribution in [3.63, 3.8) is 0 Å². The normalized spacial score (nSPS) is 13.9. The first-order valence-electron chi connectivity index (χ1n) is 5.39. The molecule has 0 radical (unpaired) electrons. The van der Waals surface area contributed by atoms with Crippen molar-refractivity contribution < 1.29 is 16.8 Å². The van der Waals surface area contributed by atoms with E-state index in [-0.39, 0.29) is 29.9 Å². The Hall–Kier alpha value is -0.180. The molecule has 0 aliphatic carbocycles. The SMILES string of the molecule is CC(C)(C)CCS(=O)(=O)NCCCS(N)(=O)=O. The van der Waals surface area contributed by atoms with Gasteiger partial charge in [0.1, 0.15) is 0 Å². The number of rotatable bonds is 7. The lowest BCUT2D eigenvalue weighted by Gasteiger charge is -2.17. The molecule has 0 aliphatic rings. The molecule has 0 aromatic rings. The van der Waals surface area contributed by atoms with Crippen molar-refractivity contribution in [3.05, 3.63) is 0 Å². The quantitative estimate of drug-likeness (QED) is 0.643. The highest BCUT2D eigenvalue weighted by Crippen LogP contribution is 2.18. The van der Waals surface area contributed by atoms with E-state index >= 15 is 0 Å². The van der Waals surface area contributed by atoms with Crippen molar-refractivity contribution >= 4 is 20.0 Å². The lowest BCUT2D eigenvalue weighted by molar-refractivity contribution is 0.396. The van der Waals surface area contributed by atoms with Crippen LogP contribution in [0.25, 0.3) is 0 Å². The van der Waals surface area contributed by atoms with Crippen LogP contribution in [-0.4, -0.2) is 34.9 Å². The summed E-state index contributed by atoms with van der Waals surface area (Å²) in [5, 5.41) is 4.80. The highest BCUT2D eigenvalue weighted by Gasteiger charge is 2.16. The summed E-state index contributed by atoms with van der Waals surface area (Å²) in [5.74, 6) is -0.166.